The molecule has 1 amide bonds. The summed E-state index contributed by atoms with van der Waals surface area (Å²) in [6.45, 7) is 0.860. The monoisotopic (exact) mass is 426 g/mol. The molecule has 2 aromatic rings. The van der Waals surface area contributed by atoms with E-state index in [0.717, 1.165) is 11.1 Å². The van der Waals surface area contributed by atoms with Gasteiger partial charge in [0, 0.05) is 18.7 Å². The number of ether oxygens (including phenoxy) is 1. The fourth-order valence-corrected chi connectivity index (χ4v) is 2.03. The Morgan fingerprint density at radius 1 is 1.00 bits per heavy atom. The van der Waals surface area contributed by atoms with E-state index in [1.54, 1.807) is 18.2 Å². The summed E-state index contributed by atoms with van der Waals surface area (Å²) in [6, 6.07) is 16.5. The number of amides is 1. The predicted octanol–water partition coefficient (Wildman–Crippen LogP) is 2.64. The number of aliphatic carboxylic acids is 1. The molecule has 0 aliphatic carbocycles. The second-order valence-electron chi connectivity index (χ2n) is 5.86. The van der Waals surface area contributed by atoms with Gasteiger partial charge in [-0.2, -0.15) is 13.2 Å². The van der Waals surface area contributed by atoms with Crippen molar-refractivity contribution in [2.75, 3.05) is 6.54 Å². The third-order valence-electron chi connectivity index (χ3n) is 3.52. The van der Waals surface area contributed by atoms with Crippen LogP contribution in [0.25, 0.3) is 0 Å². The molecule has 2 rings (SSSR count). The number of carboxylic acids is 1. The van der Waals surface area contributed by atoms with E-state index in [1.807, 2.05) is 36.4 Å². The van der Waals surface area contributed by atoms with Crippen molar-refractivity contribution in [3.8, 4) is 0 Å². The molecule has 0 aliphatic rings. The molecule has 0 saturated heterocycles. The highest BCUT2D eigenvalue weighted by atomic mass is 19.4. The molecule has 0 atom stereocenters. The van der Waals surface area contributed by atoms with Crippen molar-refractivity contribution in [2.45, 2.75) is 25.7 Å². The molecule has 30 heavy (non-hydrogen) atoms. The first-order chi connectivity index (χ1) is 14.1. The Kier molecular flexibility index (Phi) is 10.0. The molecule has 0 aromatic heterocycles. The average Bonchev–Trinajstić information content (AvgIpc) is 2.72. The van der Waals surface area contributed by atoms with Crippen molar-refractivity contribution in [2.24, 2.45) is 5.73 Å². The number of nitrogens with two attached hydrogens (primary N) is 1. The SMILES string of the molecule is NCc1cccc(C(=O)NCCC(=O)OCc2ccccc2)c1.O=C(O)C(F)(F)F. The first kappa shape index (κ1) is 24.6. The van der Waals surface area contributed by atoms with E-state index in [1.165, 1.54) is 0 Å². The Morgan fingerprint density at radius 2 is 1.60 bits per heavy atom. The van der Waals surface area contributed by atoms with Crippen LogP contribution in [0.1, 0.15) is 27.9 Å². The zero-order chi connectivity index (χ0) is 22.6. The van der Waals surface area contributed by atoms with Crippen molar-refractivity contribution in [3.63, 3.8) is 0 Å². The summed E-state index contributed by atoms with van der Waals surface area (Å²) in [6.07, 6.45) is -4.95. The molecule has 10 heteroatoms. The van der Waals surface area contributed by atoms with E-state index in [-0.39, 0.29) is 31.4 Å². The molecule has 0 unspecified atom stereocenters. The molecule has 0 spiro atoms. The normalized spacial score (nSPS) is 10.4. The molecule has 4 N–H and O–H groups in total. The van der Waals surface area contributed by atoms with Gasteiger partial charge in [0.25, 0.3) is 5.91 Å². The van der Waals surface area contributed by atoms with E-state index in [2.05, 4.69) is 5.32 Å². The van der Waals surface area contributed by atoms with Gasteiger partial charge in [0.2, 0.25) is 0 Å². The van der Waals surface area contributed by atoms with E-state index in [4.69, 9.17) is 20.4 Å². The second-order valence-corrected chi connectivity index (χ2v) is 5.86. The number of nitrogens with one attached hydrogen (secondary N) is 1. The van der Waals surface area contributed by atoms with Gasteiger partial charge < -0.3 is 20.9 Å². The van der Waals surface area contributed by atoms with Crippen LogP contribution < -0.4 is 11.1 Å². The van der Waals surface area contributed by atoms with Gasteiger partial charge in [0.15, 0.2) is 0 Å². The third kappa shape index (κ3) is 9.69. The maximum Gasteiger partial charge on any atom is 0.490 e. The summed E-state index contributed by atoms with van der Waals surface area (Å²) in [5.41, 5.74) is 7.90. The Balaban J connectivity index is 0.000000553. The van der Waals surface area contributed by atoms with Crippen molar-refractivity contribution < 1.29 is 37.4 Å². The molecule has 0 heterocycles. The molecule has 2 aromatic carbocycles. The minimum absolute atomic E-state index is 0.134. The van der Waals surface area contributed by atoms with Crippen LogP contribution in [0.5, 0.6) is 0 Å². The van der Waals surface area contributed by atoms with Crippen LogP contribution in [0.3, 0.4) is 0 Å². The molecule has 0 bridgehead atoms. The zero-order valence-corrected chi connectivity index (χ0v) is 15.8. The summed E-state index contributed by atoms with van der Waals surface area (Å²) in [5, 5.41) is 9.82. The quantitative estimate of drug-likeness (QED) is 0.586. The Bertz CT molecular complexity index is 842. The summed E-state index contributed by atoms with van der Waals surface area (Å²) < 4.78 is 36.9. The molecular formula is C20H21F3N2O5. The van der Waals surface area contributed by atoms with E-state index in [9.17, 15) is 22.8 Å². The molecule has 0 saturated carbocycles. The Hall–Kier alpha value is -3.40. The topological polar surface area (TPSA) is 119 Å². The van der Waals surface area contributed by atoms with Gasteiger partial charge in [-0.15, -0.1) is 0 Å². The maximum atomic E-state index is 12.0. The summed E-state index contributed by atoms with van der Waals surface area (Å²) in [5.74, 6) is -3.33. The molecule has 0 aliphatic heterocycles. The Morgan fingerprint density at radius 3 is 2.17 bits per heavy atom. The van der Waals surface area contributed by atoms with Crippen molar-refractivity contribution >= 4 is 17.8 Å². The number of esters is 1. The predicted molar refractivity (Wildman–Crippen MR) is 101 cm³/mol. The number of alkyl halides is 3. The number of carbonyl (C=O) groups excluding carboxylic acids is 2. The lowest BCUT2D eigenvalue weighted by molar-refractivity contribution is -0.192. The molecule has 0 fully saturated rings. The van der Waals surface area contributed by atoms with E-state index < -0.39 is 12.1 Å². The number of hydrogen-bond acceptors (Lipinski definition) is 5. The standard InChI is InChI=1S/C18H20N2O3.C2HF3O2/c19-12-15-7-4-8-16(11-15)18(22)20-10-9-17(21)23-13-14-5-2-1-3-6-14;3-2(4,5)1(6)7/h1-8,11H,9-10,12-13,19H2,(H,20,22);(H,6,7). The van der Waals surface area contributed by atoms with E-state index >= 15 is 0 Å². The first-order valence-corrected chi connectivity index (χ1v) is 8.70. The van der Waals surface area contributed by atoms with Gasteiger partial charge in [-0.3, -0.25) is 9.59 Å². The average molecular weight is 426 g/mol. The number of hydrogen-bond donors (Lipinski definition) is 3. The van der Waals surface area contributed by atoms with Gasteiger partial charge in [0.05, 0.1) is 6.42 Å². The molecule has 7 nitrogen and oxygen atoms in total. The molecular weight excluding hydrogens is 405 g/mol. The largest absolute Gasteiger partial charge is 0.490 e. The van der Waals surface area contributed by atoms with Crippen LogP contribution in [-0.2, 0) is 27.5 Å². The number of rotatable bonds is 7. The molecule has 162 valence electrons. The smallest absolute Gasteiger partial charge is 0.475 e. The first-order valence-electron chi connectivity index (χ1n) is 8.70. The minimum atomic E-state index is -5.08. The van der Waals surface area contributed by atoms with Crippen LogP contribution in [0, 0.1) is 0 Å². The highest BCUT2D eigenvalue weighted by Gasteiger charge is 2.38. The van der Waals surface area contributed by atoms with Crippen LogP contribution in [-0.4, -0.2) is 35.7 Å². The number of carbonyl (C=O) groups is 3. The van der Waals surface area contributed by atoms with Crippen molar-refractivity contribution in [1.29, 1.82) is 0 Å². The lowest BCUT2D eigenvalue weighted by Gasteiger charge is -2.07. The minimum Gasteiger partial charge on any atom is -0.475 e. The van der Waals surface area contributed by atoms with Gasteiger partial charge in [-0.1, -0.05) is 42.5 Å². The summed E-state index contributed by atoms with van der Waals surface area (Å²) in [4.78, 5) is 32.5. The maximum absolute atomic E-state index is 12.0. The van der Waals surface area contributed by atoms with E-state index in [0.29, 0.717) is 12.1 Å². The van der Waals surface area contributed by atoms with Gasteiger partial charge in [-0.25, -0.2) is 4.79 Å². The fourth-order valence-electron chi connectivity index (χ4n) is 2.03. The lowest BCUT2D eigenvalue weighted by Crippen LogP contribution is -2.26. The van der Waals surface area contributed by atoms with Crippen molar-refractivity contribution in [1.82, 2.24) is 5.32 Å². The number of halogens is 3. The van der Waals surface area contributed by atoms with Gasteiger partial charge in [-0.05, 0) is 23.3 Å². The highest BCUT2D eigenvalue weighted by molar-refractivity contribution is 5.94. The van der Waals surface area contributed by atoms with Crippen LogP contribution in [0.2, 0.25) is 0 Å². The zero-order valence-electron chi connectivity index (χ0n) is 15.8. The number of benzene rings is 2. The summed E-state index contributed by atoms with van der Waals surface area (Å²) in [7, 11) is 0. The lowest BCUT2D eigenvalue weighted by atomic mass is 10.1. The Labute approximate surface area is 170 Å². The van der Waals surface area contributed by atoms with Gasteiger partial charge >= 0.3 is 18.1 Å². The third-order valence-corrected chi connectivity index (χ3v) is 3.52. The second kappa shape index (κ2) is 12.2. The number of carboxylic acid groups (broad SMARTS) is 1. The molecule has 0 radical (unpaired) electrons. The van der Waals surface area contributed by atoms with Crippen LogP contribution in [0.4, 0.5) is 13.2 Å². The highest BCUT2D eigenvalue weighted by Crippen LogP contribution is 2.13. The van der Waals surface area contributed by atoms with Gasteiger partial charge in [0.1, 0.15) is 6.61 Å². The van der Waals surface area contributed by atoms with Crippen molar-refractivity contribution in [3.05, 3.63) is 71.3 Å². The fraction of sp³-hybridized carbons (Fsp3) is 0.250. The summed E-state index contributed by atoms with van der Waals surface area (Å²) >= 11 is 0. The van der Waals surface area contributed by atoms with Crippen LogP contribution in [0.15, 0.2) is 54.6 Å². The van der Waals surface area contributed by atoms with Crippen LogP contribution >= 0.6 is 0 Å².